The summed E-state index contributed by atoms with van der Waals surface area (Å²) in [6.45, 7) is 0.742. The van der Waals surface area contributed by atoms with E-state index in [9.17, 15) is 0 Å². The molecule has 1 radical (unpaired) electrons. The summed E-state index contributed by atoms with van der Waals surface area (Å²) < 4.78 is 1.91. The minimum absolute atomic E-state index is 0. The number of aryl methyl sites for hydroxylation is 2. The molecule has 0 fully saturated rings. The Morgan fingerprint density at radius 3 is 1.94 bits per heavy atom. The minimum Gasteiger partial charge on any atom is -0.256 e. The van der Waals surface area contributed by atoms with Crippen LogP contribution in [0.4, 0.5) is 0 Å². The molecule has 0 aliphatic heterocycles. The molecule has 0 saturated carbocycles. The van der Waals surface area contributed by atoms with Crippen LogP contribution in [-0.2, 0) is 36.5 Å². The van der Waals surface area contributed by atoms with Crippen LogP contribution in [0.15, 0.2) is 116 Å². The average molecular weight is 512 g/mol. The molecule has 5 rings (SSSR count). The van der Waals surface area contributed by atoms with Crippen LogP contribution >= 0.6 is 7.92 Å². The summed E-state index contributed by atoms with van der Waals surface area (Å²) in [5.74, 6) is 0. The van der Waals surface area contributed by atoms with Gasteiger partial charge in [0.15, 0.2) is 0 Å². The zero-order valence-electron chi connectivity index (χ0n) is 18.6. The van der Waals surface area contributed by atoms with Gasteiger partial charge in [0, 0.05) is 37.4 Å². The monoisotopic (exact) mass is 511 g/mol. The van der Waals surface area contributed by atoms with Crippen LogP contribution in [0.5, 0.6) is 0 Å². The summed E-state index contributed by atoms with van der Waals surface area (Å²) in [6.07, 6.45) is 5.76. The molecule has 2 heterocycles. The van der Waals surface area contributed by atoms with E-state index in [1.165, 1.54) is 21.7 Å². The van der Waals surface area contributed by atoms with E-state index in [0.717, 1.165) is 30.5 Å². The van der Waals surface area contributed by atoms with Gasteiger partial charge in [-0.1, -0.05) is 96.2 Å². The minimum atomic E-state index is -0.695. The van der Waals surface area contributed by atoms with Crippen molar-refractivity contribution in [1.82, 2.24) is 20.0 Å². The Kier molecular flexibility index (Phi) is 8.38. The van der Waals surface area contributed by atoms with Crippen molar-refractivity contribution in [2.45, 2.75) is 19.4 Å². The fourth-order valence-electron chi connectivity index (χ4n) is 3.88. The first-order valence-corrected chi connectivity index (χ1v) is 12.5. The third-order valence-corrected chi connectivity index (χ3v) is 7.84. The predicted molar refractivity (Wildman–Crippen MR) is 136 cm³/mol. The number of aromatic nitrogens is 4. The maximum absolute atomic E-state index is 4.80. The molecule has 4 nitrogen and oxygen atoms in total. The van der Waals surface area contributed by atoms with Gasteiger partial charge in [-0.05, 0) is 46.7 Å². The van der Waals surface area contributed by atoms with Gasteiger partial charge in [-0.3, -0.25) is 4.98 Å². The molecular formula is C28H25CuN4P. The summed E-state index contributed by atoms with van der Waals surface area (Å²) >= 11 is 0. The van der Waals surface area contributed by atoms with Crippen molar-refractivity contribution in [2.24, 2.45) is 0 Å². The number of hydrogen-bond acceptors (Lipinski definition) is 3. The first kappa shape index (κ1) is 24.0. The Morgan fingerprint density at radius 1 is 0.676 bits per heavy atom. The molecule has 0 atom stereocenters. The van der Waals surface area contributed by atoms with Crippen LogP contribution in [0.1, 0.15) is 16.8 Å². The fraction of sp³-hybridized carbons (Fsp3) is 0.107. The topological polar surface area (TPSA) is 43.6 Å². The van der Waals surface area contributed by atoms with Crippen LogP contribution in [0, 0.1) is 0 Å². The number of nitrogens with zero attached hydrogens (tertiary/aromatic N) is 4. The van der Waals surface area contributed by atoms with Crippen molar-refractivity contribution in [1.29, 1.82) is 0 Å². The molecule has 2 aromatic heterocycles. The maximum Gasteiger partial charge on any atom is 0.0830 e. The predicted octanol–water partition coefficient (Wildman–Crippen LogP) is 4.26. The molecule has 0 N–H and O–H groups in total. The Balaban J connectivity index is 0.00000274. The van der Waals surface area contributed by atoms with E-state index in [0.29, 0.717) is 0 Å². The summed E-state index contributed by atoms with van der Waals surface area (Å²) in [6, 6.07) is 36.1. The Hall–Kier alpha value is -3.10. The van der Waals surface area contributed by atoms with Crippen molar-refractivity contribution in [3.63, 3.8) is 0 Å². The number of hydrogen-bond donors (Lipinski definition) is 0. The van der Waals surface area contributed by atoms with Gasteiger partial charge in [0.2, 0.25) is 0 Å². The first-order valence-electron chi connectivity index (χ1n) is 11.1. The van der Waals surface area contributed by atoms with E-state index in [2.05, 4.69) is 101 Å². The third-order valence-electron chi connectivity index (χ3n) is 5.51. The van der Waals surface area contributed by atoms with Gasteiger partial charge in [-0.2, -0.15) is 0 Å². The fourth-order valence-corrected chi connectivity index (χ4v) is 6.12. The Bertz CT molecular complexity index is 1250. The molecule has 6 heteroatoms. The van der Waals surface area contributed by atoms with Gasteiger partial charge < -0.3 is 0 Å². The van der Waals surface area contributed by atoms with Gasteiger partial charge in [-0.25, -0.2) is 4.68 Å². The molecule has 0 amide bonds. The molecule has 0 unspecified atom stereocenters. The molecular weight excluding hydrogens is 487 g/mol. The number of benzene rings is 3. The largest absolute Gasteiger partial charge is 0.256 e. The Labute approximate surface area is 212 Å². The zero-order valence-corrected chi connectivity index (χ0v) is 20.5. The van der Waals surface area contributed by atoms with E-state index in [1.807, 2.05) is 29.1 Å². The smallest absolute Gasteiger partial charge is 0.0830 e. The standard InChI is InChI=1S/C28H25N4P.Cu/c1-4-10-24(11-5-1)21-32-22-25(30-31-32)17-16-23-18-19-29-28(20-23)33(26-12-6-2-7-13-26)27-14-8-3-9-15-27;/h1-15,18-20,22H,16-17,21H2;. The van der Waals surface area contributed by atoms with E-state index < -0.39 is 7.92 Å². The second-order valence-corrected chi connectivity index (χ2v) is 10.1. The normalized spacial score (nSPS) is 10.7. The molecule has 0 spiro atoms. The van der Waals surface area contributed by atoms with Crippen LogP contribution in [0.25, 0.3) is 0 Å². The SMILES string of the molecule is [Cu].c1ccc(Cn2cc(CCc3ccnc(P(c4ccccc4)c4ccccc4)c3)nn2)cc1. The van der Waals surface area contributed by atoms with Gasteiger partial charge in [-0.15, -0.1) is 5.10 Å². The van der Waals surface area contributed by atoms with Crippen LogP contribution in [0.2, 0.25) is 0 Å². The Morgan fingerprint density at radius 2 is 1.29 bits per heavy atom. The molecule has 34 heavy (non-hydrogen) atoms. The van der Waals surface area contributed by atoms with Crippen LogP contribution < -0.4 is 16.0 Å². The summed E-state index contributed by atoms with van der Waals surface area (Å²) in [4.78, 5) is 4.80. The van der Waals surface area contributed by atoms with Gasteiger partial charge in [0.25, 0.3) is 0 Å². The summed E-state index contributed by atoms with van der Waals surface area (Å²) in [7, 11) is -0.695. The van der Waals surface area contributed by atoms with Crippen molar-refractivity contribution in [2.75, 3.05) is 0 Å². The van der Waals surface area contributed by atoms with Crippen molar-refractivity contribution >= 4 is 24.0 Å². The zero-order chi connectivity index (χ0) is 22.3. The van der Waals surface area contributed by atoms with Gasteiger partial charge in [0.05, 0.1) is 17.7 Å². The van der Waals surface area contributed by atoms with E-state index >= 15 is 0 Å². The number of pyridine rings is 1. The third kappa shape index (κ3) is 6.07. The van der Waals surface area contributed by atoms with Gasteiger partial charge >= 0.3 is 0 Å². The maximum atomic E-state index is 4.80. The quantitative estimate of drug-likeness (QED) is 0.231. The average Bonchev–Trinajstić information content (AvgIpc) is 3.32. The first-order chi connectivity index (χ1) is 16.3. The van der Waals surface area contributed by atoms with E-state index in [4.69, 9.17) is 4.98 Å². The second kappa shape index (κ2) is 11.9. The second-order valence-electron chi connectivity index (χ2n) is 7.92. The summed E-state index contributed by atoms with van der Waals surface area (Å²) in [5.41, 5.74) is 4.64. The van der Waals surface area contributed by atoms with Crippen molar-refractivity contribution < 1.29 is 17.1 Å². The summed E-state index contributed by atoms with van der Waals surface area (Å²) in [5, 5.41) is 11.3. The van der Waals surface area contributed by atoms with Gasteiger partial charge in [0.1, 0.15) is 0 Å². The van der Waals surface area contributed by atoms with E-state index in [-0.39, 0.29) is 17.1 Å². The van der Waals surface area contributed by atoms with Crippen molar-refractivity contribution in [3.05, 3.63) is 132 Å². The molecule has 3 aromatic carbocycles. The molecule has 0 bridgehead atoms. The molecule has 173 valence electrons. The van der Waals surface area contributed by atoms with Crippen LogP contribution in [-0.4, -0.2) is 20.0 Å². The molecule has 0 saturated heterocycles. The van der Waals surface area contributed by atoms with Crippen molar-refractivity contribution in [3.8, 4) is 0 Å². The number of rotatable bonds is 8. The molecule has 5 aromatic rings. The molecule has 0 aliphatic rings. The van der Waals surface area contributed by atoms with E-state index in [1.54, 1.807) is 0 Å². The van der Waals surface area contributed by atoms with Crippen LogP contribution in [0.3, 0.4) is 0 Å². The molecule has 0 aliphatic carbocycles.